The molecule has 0 bridgehead atoms. The lowest BCUT2D eigenvalue weighted by Crippen LogP contribution is -2.80. The Kier molecular flexibility index (Phi) is 12.6. The van der Waals surface area contributed by atoms with Crippen LogP contribution in [0.5, 0.6) is 5.75 Å². The van der Waals surface area contributed by atoms with Crippen LogP contribution in [0.15, 0.2) is 133 Å². The molecule has 59 heavy (non-hydrogen) atoms. The number of anilines is 1. The third-order valence-corrected chi connectivity index (χ3v) is 12.2. The molecule has 7 rings (SSSR count). The van der Waals surface area contributed by atoms with Gasteiger partial charge >= 0.3 is 13.6 Å². The van der Waals surface area contributed by atoms with Crippen molar-refractivity contribution in [3.05, 3.63) is 167 Å². The molecule has 5 aromatic carbocycles. The number of carbonyl (C=O) groups is 1. The molecule has 1 saturated heterocycles. The molecule has 308 valence electrons. The van der Waals surface area contributed by atoms with Crippen LogP contribution in [0.4, 0.5) is 10.5 Å². The van der Waals surface area contributed by atoms with Crippen molar-refractivity contribution in [3.8, 4) is 5.75 Å². The van der Waals surface area contributed by atoms with Crippen molar-refractivity contribution in [1.29, 1.82) is 0 Å². The lowest BCUT2D eigenvalue weighted by atomic mass is 9.90. The minimum Gasteiger partial charge on any atom is -0.481 e. The summed E-state index contributed by atoms with van der Waals surface area (Å²) in [5.41, 5.74) is 16.8. The Hall–Kier alpha value is -5.49. The summed E-state index contributed by atoms with van der Waals surface area (Å²) >= 11 is 0. The average molecular weight is 819 g/mol. The number of carbonyl (C=O) groups excluding carboxylic acids is 1. The predicted octanol–water partition coefficient (Wildman–Crippen LogP) is 4.90. The molecular formula is C46H53N5O7P+. The molecule has 12 nitrogen and oxygen atoms in total. The van der Waals surface area contributed by atoms with Crippen LogP contribution in [0.1, 0.15) is 59.6 Å². The molecule has 3 unspecified atom stereocenters. The maximum atomic E-state index is 15.5. The normalized spacial score (nSPS) is 22.9. The van der Waals surface area contributed by atoms with Crippen LogP contribution in [0.3, 0.4) is 0 Å². The van der Waals surface area contributed by atoms with E-state index in [2.05, 4.69) is 4.99 Å². The number of hydrogen-bond acceptors (Lipinski definition) is 7. The number of aliphatic hydroxyl groups excluding tert-OH is 2. The van der Waals surface area contributed by atoms with Gasteiger partial charge in [0.1, 0.15) is 18.0 Å². The van der Waals surface area contributed by atoms with E-state index in [1.165, 1.54) is 0 Å². The van der Waals surface area contributed by atoms with Crippen LogP contribution >= 0.6 is 7.60 Å². The summed E-state index contributed by atoms with van der Waals surface area (Å²) in [6.45, 7) is 4.04. The summed E-state index contributed by atoms with van der Waals surface area (Å²) in [5.74, 6) is 0.449. The molecule has 2 fully saturated rings. The van der Waals surface area contributed by atoms with Crippen LogP contribution in [0, 0.1) is 0 Å². The Labute approximate surface area is 345 Å². The van der Waals surface area contributed by atoms with Gasteiger partial charge in [-0.15, -0.1) is 0 Å². The molecule has 6 atom stereocenters. The van der Waals surface area contributed by atoms with Crippen LogP contribution in [0.2, 0.25) is 0 Å². The fourth-order valence-electron chi connectivity index (χ4n) is 8.18. The van der Waals surface area contributed by atoms with Gasteiger partial charge in [-0.25, -0.2) is 4.79 Å². The van der Waals surface area contributed by atoms with Gasteiger partial charge in [-0.05, 0) is 78.8 Å². The molecule has 2 aliphatic rings. The van der Waals surface area contributed by atoms with Crippen molar-refractivity contribution in [2.45, 2.75) is 82.1 Å². The number of aliphatic hydroxyl groups is 2. The van der Waals surface area contributed by atoms with Gasteiger partial charge in [-0.3, -0.25) is 15.3 Å². The summed E-state index contributed by atoms with van der Waals surface area (Å²) in [4.78, 5) is 32.6. The van der Waals surface area contributed by atoms with Crippen molar-refractivity contribution in [2.24, 2.45) is 5.73 Å². The zero-order valence-corrected chi connectivity index (χ0v) is 34.2. The van der Waals surface area contributed by atoms with Gasteiger partial charge < -0.3 is 39.9 Å². The second-order valence-electron chi connectivity index (χ2n) is 15.8. The summed E-state index contributed by atoms with van der Waals surface area (Å²) in [6.07, 6.45) is -2.52. The first kappa shape index (κ1) is 41.7. The first-order valence-corrected chi connectivity index (χ1v) is 21.6. The molecular weight excluding hydrogens is 766 g/mol. The molecule has 5 aromatic rings. The number of rotatable bonds is 15. The number of nitrogens with one attached hydrogen (secondary N) is 1. The number of amidine groups is 1. The van der Waals surface area contributed by atoms with E-state index in [1.807, 2.05) is 111 Å². The average Bonchev–Trinajstić information content (AvgIpc) is 4.00. The van der Waals surface area contributed by atoms with Crippen molar-refractivity contribution < 1.29 is 38.7 Å². The highest BCUT2D eigenvalue weighted by Crippen LogP contribution is 2.60. The number of nitrogens with two attached hydrogens (primary N) is 2. The number of benzene rings is 5. The smallest absolute Gasteiger partial charge is 0.365 e. The van der Waals surface area contributed by atoms with Crippen molar-refractivity contribution >= 4 is 25.1 Å². The molecule has 8 N–H and O–H groups in total. The Balaban J connectivity index is 1.24. The van der Waals surface area contributed by atoms with Gasteiger partial charge in [-0.1, -0.05) is 109 Å². The number of hydrogen-bond donors (Lipinski definition) is 6. The van der Waals surface area contributed by atoms with E-state index in [9.17, 15) is 19.7 Å². The van der Waals surface area contributed by atoms with Crippen LogP contribution in [-0.4, -0.2) is 73.0 Å². The molecule has 2 amide bonds. The highest BCUT2D eigenvalue weighted by Gasteiger charge is 2.68. The van der Waals surface area contributed by atoms with Crippen molar-refractivity contribution in [1.82, 2.24) is 9.80 Å². The molecule has 0 aromatic heterocycles. The number of nitrogen functional groups attached to an aromatic ring is 2. The minimum atomic E-state index is -4.13. The topological polar surface area (TPSA) is 186 Å². The Bertz CT molecular complexity index is 2300. The molecule has 1 heterocycles. The van der Waals surface area contributed by atoms with Crippen LogP contribution in [0.25, 0.3) is 0 Å². The fraction of sp³-hybridized carbons (Fsp3) is 0.304. The number of urea groups is 1. The monoisotopic (exact) mass is 818 g/mol. The Morgan fingerprint density at radius 2 is 1.47 bits per heavy atom. The highest BCUT2D eigenvalue weighted by molar-refractivity contribution is 7.52. The van der Waals surface area contributed by atoms with Gasteiger partial charge in [0.2, 0.25) is 0 Å². The SMILES string of the molecule is CC(C)[NH+]=C(N)c1cc(CN2C(=O)N(Cc3cccc(OCP(=O)(O)OCc4ccccc4)c3)C3(CC3c3ccccc3)[C@H](O)[C@@H](O)[C@H]2Cc2ccccc2)ccc1N. The molecule has 1 saturated carbocycles. The van der Waals surface area contributed by atoms with Crippen molar-refractivity contribution in [3.63, 3.8) is 0 Å². The van der Waals surface area contributed by atoms with E-state index in [0.717, 1.165) is 22.3 Å². The van der Waals surface area contributed by atoms with Gasteiger partial charge in [-0.2, -0.15) is 0 Å². The Morgan fingerprint density at radius 3 is 2.15 bits per heavy atom. The largest absolute Gasteiger partial charge is 0.481 e. The second-order valence-corrected chi connectivity index (χ2v) is 17.6. The van der Waals surface area contributed by atoms with Gasteiger partial charge in [0.25, 0.3) is 5.84 Å². The lowest BCUT2D eigenvalue weighted by molar-refractivity contribution is -0.493. The van der Waals surface area contributed by atoms with Crippen LogP contribution in [-0.2, 0) is 35.2 Å². The van der Waals surface area contributed by atoms with E-state index in [-0.39, 0.29) is 44.1 Å². The van der Waals surface area contributed by atoms with E-state index in [4.69, 9.17) is 20.7 Å². The zero-order valence-electron chi connectivity index (χ0n) is 33.3. The molecule has 13 heteroatoms. The number of ether oxygens (including phenoxy) is 1. The molecule has 1 aliphatic heterocycles. The predicted molar refractivity (Wildman–Crippen MR) is 227 cm³/mol. The zero-order chi connectivity index (χ0) is 41.7. The van der Waals surface area contributed by atoms with Gasteiger partial charge in [0.05, 0.1) is 29.8 Å². The second kappa shape index (κ2) is 17.8. The van der Waals surface area contributed by atoms with E-state index >= 15 is 4.79 Å². The maximum Gasteiger partial charge on any atom is 0.365 e. The summed E-state index contributed by atoms with van der Waals surface area (Å²) in [7, 11) is -4.13. The lowest BCUT2D eigenvalue weighted by Gasteiger charge is -2.37. The van der Waals surface area contributed by atoms with E-state index in [1.54, 1.807) is 46.2 Å². The van der Waals surface area contributed by atoms with Gasteiger partial charge in [0.15, 0.2) is 6.35 Å². The number of nitrogens with zero attached hydrogens (tertiary/aromatic N) is 2. The third-order valence-electron chi connectivity index (χ3n) is 11.2. The van der Waals surface area contributed by atoms with Gasteiger partial charge in [0, 0.05) is 24.7 Å². The van der Waals surface area contributed by atoms with E-state index < -0.39 is 37.7 Å². The molecule has 1 aliphatic carbocycles. The molecule has 0 radical (unpaired) electrons. The van der Waals surface area contributed by atoms with E-state index in [0.29, 0.717) is 34.8 Å². The minimum absolute atomic E-state index is 0.0466. The highest BCUT2D eigenvalue weighted by atomic mass is 31.2. The van der Waals surface area contributed by atoms with Crippen molar-refractivity contribution in [2.75, 3.05) is 12.1 Å². The third kappa shape index (κ3) is 9.54. The Morgan fingerprint density at radius 1 is 0.847 bits per heavy atom. The summed E-state index contributed by atoms with van der Waals surface area (Å²) in [5, 5.41) is 24.8. The summed E-state index contributed by atoms with van der Waals surface area (Å²) in [6, 6.07) is 39.8. The fourth-order valence-corrected chi connectivity index (χ4v) is 8.91. The standard InChI is InChI=1S/C46H52N5O7P/c1-31(2)49-44(48)38-24-35(21-22-40(38)47)27-50-41(25-32-13-6-3-7-14-32)42(52)43(53)46(26-39(46)36-18-10-5-11-19-36)51(45(50)54)28-34-17-12-20-37(23-34)57-30-59(55,56)58-29-33-15-8-4-9-16-33/h3-24,31,39,41-43,52-53H,25-30,47H2,1-2H3,(H2,48,49)(H,55,56)/p+1/t39?,41-,42+,43-,46?/m1/s1. The first-order chi connectivity index (χ1) is 28.3. The summed E-state index contributed by atoms with van der Waals surface area (Å²) < 4.78 is 24.1. The van der Waals surface area contributed by atoms with Crippen LogP contribution < -0.4 is 21.2 Å². The molecule has 1 spiro atoms. The maximum absolute atomic E-state index is 15.5. The first-order valence-electron chi connectivity index (χ1n) is 19.9. The number of amides is 2. The quantitative estimate of drug-likeness (QED) is 0.0370.